The van der Waals surface area contributed by atoms with Gasteiger partial charge in [-0.25, -0.2) is 4.98 Å². The molecule has 0 aliphatic rings. The molecule has 4 heteroatoms. The number of nitrogen functional groups attached to an aromatic ring is 1. The number of halogens is 1. The molecule has 0 spiro atoms. The van der Waals surface area contributed by atoms with E-state index in [-0.39, 0.29) is 0 Å². The Hall–Kier alpha value is -1.22. The highest BCUT2D eigenvalue weighted by molar-refractivity contribution is 6.33. The van der Waals surface area contributed by atoms with Gasteiger partial charge in [-0.1, -0.05) is 11.6 Å². The molecule has 56 valence electrons. The minimum absolute atomic E-state index is 0.568. The van der Waals surface area contributed by atoms with Crippen LogP contribution in [0.1, 0.15) is 0 Å². The summed E-state index contributed by atoms with van der Waals surface area (Å²) in [5, 5.41) is 0.568. The molecular weight excluding hydrogens is 162 g/mol. The number of aromatic nitrogens is 2. The molecule has 2 aromatic rings. The molecule has 0 saturated heterocycles. The Kier molecular flexibility index (Phi) is 1.26. The van der Waals surface area contributed by atoms with E-state index in [1.165, 1.54) is 0 Å². The molecule has 3 nitrogen and oxygen atoms in total. The third-order valence-corrected chi connectivity index (χ3v) is 1.91. The predicted octanol–water partition coefficient (Wildman–Crippen LogP) is 1.57. The van der Waals surface area contributed by atoms with Gasteiger partial charge in [0, 0.05) is 6.20 Å². The SMILES string of the molecule is Nc1c(Cl)ccn2cncc12. The Morgan fingerprint density at radius 3 is 3.18 bits per heavy atom. The normalized spacial score (nSPS) is 10.6. The summed E-state index contributed by atoms with van der Waals surface area (Å²) in [6, 6.07) is 1.74. The maximum Gasteiger partial charge on any atom is 0.0992 e. The molecule has 0 saturated carbocycles. The fourth-order valence-corrected chi connectivity index (χ4v) is 1.14. The average molecular weight is 168 g/mol. The molecule has 0 bridgehead atoms. The first-order valence-corrected chi connectivity index (χ1v) is 3.52. The Balaban J connectivity index is 2.93. The number of anilines is 1. The van der Waals surface area contributed by atoms with Crippen LogP contribution in [0.15, 0.2) is 24.8 Å². The molecule has 0 radical (unpaired) electrons. The van der Waals surface area contributed by atoms with Crippen LogP contribution in [0, 0.1) is 0 Å². The molecule has 0 fully saturated rings. The second-order valence-electron chi connectivity index (χ2n) is 2.26. The number of nitrogens with zero attached hydrogens (tertiary/aromatic N) is 2. The van der Waals surface area contributed by atoms with Gasteiger partial charge in [0.2, 0.25) is 0 Å². The highest BCUT2D eigenvalue weighted by Gasteiger charge is 2.00. The molecule has 2 rings (SSSR count). The minimum Gasteiger partial charge on any atom is -0.396 e. The van der Waals surface area contributed by atoms with Crippen LogP contribution in [-0.2, 0) is 0 Å². The van der Waals surface area contributed by atoms with Gasteiger partial charge in [0.1, 0.15) is 0 Å². The number of hydrogen-bond acceptors (Lipinski definition) is 2. The average Bonchev–Trinajstić information content (AvgIpc) is 2.45. The van der Waals surface area contributed by atoms with Crippen LogP contribution in [0.25, 0.3) is 5.52 Å². The van der Waals surface area contributed by atoms with Crippen LogP contribution >= 0.6 is 11.6 Å². The molecular formula is C7H6ClN3. The van der Waals surface area contributed by atoms with Crippen molar-refractivity contribution in [3.8, 4) is 0 Å². The summed E-state index contributed by atoms with van der Waals surface area (Å²) in [6.45, 7) is 0. The second kappa shape index (κ2) is 2.13. The Bertz CT molecular complexity index is 393. The van der Waals surface area contributed by atoms with Crippen molar-refractivity contribution in [1.82, 2.24) is 9.38 Å². The van der Waals surface area contributed by atoms with Gasteiger partial charge in [0.05, 0.1) is 28.8 Å². The van der Waals surface area contributed by atoms with Gasteiger partial charge in [0.15, 0.2) is 0 Å². The van der Waals surface area contributed by atoms with E-state index in [9.17, 15) is 0 Å². The number of fused-ring (bicyclic) bond motifs is 1. The van der Waals surface area contributed by atoms with E-state index in [2.05, 4.69) is 4.98 Å². The largest absolute Gasteiger partial charge is 0.396 e. The van der Waals surface area contributed by atoms with E-state index in [1.54, 1.807) is 18.6 Å². The van der Waals surface area contributed by atoms with Crippen molar-refractivity contribution in [2.75, 3.05) is 5.73 Å². The number of imidazole rings is 1. The zero-order chi connectivity index (χ0) is 7.84. The van der Waals surface area contributed by atoms with Gasteiger partial charge in [-0.3, -0.25) is 0 Å². The van der Waals surface area contributed by atoms with Crippen molar-refractivity contribution < 1.29 is 0 Å². The number of pyridine rings is 1. The van der Waals surface area contributed by atoms with Crippen molar-refractivity contribution in [1.29, 1.82) is 0 Å². The van der Waals surface area contributed by atoms with Gasteiger partial charge >= 0.3 is 0 Å². The number of hydrogen-bond donors (Lipinski definition) is 1. The summed E-state index contributed by atoms with van der Waals surface area (Å²) in [5.74, 6) is 0. The maximum atomic E-state index is 5.78. The Morgan fingerprint density at radius 1 is 1.55 bits per heavy atom. The van der Waals surface area contributed by atoms with E-state index < -0.39 is 0 Å². The van der Waals surface area contributed by atoms with Crippen molar-refractivity contribution in [3.05, 3.63) is 29.8 Å². The van der Waals surface area contributed by atoms with Crippen molar-refractivity contribution in [2.45, 2.75) is 0 Å². The maximum absolute atomic E-state index is 5.78. The lowest BCUT2D eigenvalue weighted by Gasteiger charge is -1.98. The third-order valence-electron chi connectivity index (χ3n) is 1.58. The summed E-state index contributed by atoms with van der Waals surface area (Å²) in [4.78, 5) is 3.93. The second-order valence-corrected chi connectivity index (χ2v) is 2.67. The molecule has 11 heavy (non-hydrogen) atoms. The lowest BCUT2D eigenvalue weighted by atomic mass is 10.3. The molecule has 0 aliphatic heterocycles. The van der Waals surface area contributed by atoms with Crippen molar-refractivity contribution in [3.63, 3.8) is 0 Å². The lowest BCUT2D eigenvalue weighted by Crippen LogP contribution is -1.90. The van der Waals surface area contributed by atoms with Crippen LogP contribution in [0.3, 0.4) is 0 Å². The van der Waals surface area contributed by atoms with Gasteiger partial charge in [-0.2, -0.15) is 0 Å². The fraction of sp³-hybridized carbons (Fsp3) is 0. The molecule has 0 aliphatic carbocycles. The standard InChI is InChI=1S/C7H6ClN3/c8-5-1-2-11-4-10-3-6(11)7(5)9/h1-4H,9H2. The summed E-state index contributed by atoms with van der Waals surface area (Å²) in [6.07, 6.45) is 5.18. The first-order chi connectivity index (χ1) is 5.29. The van der Waals surface area contributed by atoms with Crippen LogP contribution in [-0.4, -0.2) is 9.38 Å². The van der Waals surface area contributed by atoms with Crippen molar-refractivity contribution in [2.24, 2.45) is 0 Å². The molecule has 0 aromatic carbocycles. The van der Waals surface area contributed by atoms with Gasteiger partial charge in [-0.05, 0) is 6.07 Å². The summed E-state index contributed by atoms with van der Waals surface area (Å²) >= 11 is 5.78. The topological polar surface area (TPSA) is 43.3 Å². The van der Waals surface area contributed by atoms with Gasteiger partial charge < -0.3 is 10.1 Å². The summed E-state index contributed by atoms with van der Waals surface area (Å²) in [5.41, 5.74) is 7.09. The highest BCUT2D eigenvalue weighted by atomic mass is 35.5. The molecule has 2 N–H and O–H groups in total. The fourth-order valence-electron chi connectivity index (χ4n) is 0.990. The smallest absolute Gasteiger partial charge is 0.0992 e. The summed E-state index contributed by atoms with van der Waals surface area (Å²) in [7, 11) is 0. The highest BCUT2D eigenvalue weighted by Crippen LogP contribution is 2.22. The van der Waals surface area contributed by atoms with Gasteiger partial charge in [-0.15, -0.1) is 0 Å². The quantitative estimate of drug-likeness (QED) is 0.647. The van der Waals surface area contributed by atoms with E-state index in [0.717, 1.165) is 5.52 Å². The first kappa shape index (κ1) is 6.49. The minimum atomic E-state index is 0.568. The van der Waals surface area contributed by atoms with E-state index in [0.29, 0.717) is 10.7 Å². The summed E-state index contributed by atoms with van der Waals surface area (Å²) < 4.78 is 1.82. The van der Waals surface area contributed by atoms with Crippen molar-refractivity contribution >= 4 is 22.8 Å². The lowest BCUT2D eigenvalue weighted by molar-refractivity contribution is 1.16. The molecule has 0 amide bonds. The van der Waals surface area contributed by atoms with E-state index >= 15 is 0 Å². The molecule has 0 unspecified atom stereocenters. The Labute approximate surface area is 68.4 Å². The van der Waals surface area contributed by atoms with Crippen LogP contribution in [0.5, 0.6) is 0 Å². The zero-order valence-electron chi connectivity index (χ0n) is 5.66. The molecule has 2 aromatic heterocycles. The van der Waals surface area contributed by atoms with Crippen LogP contribution < -0.4 is 5.73 Å². The van der Waals surface area contributed by atoms with E-state index in [1.807, 2.05) is 10.6 Å². The number of rotatable bonds is 0. The number of nitrogens with two attached hydrogens (primary N) is 1. The first-order valence-electron chi connectivity index (χ1n) is 3.14. The van der Waals surface area contributed by atoms with E-state index in [4.69, 9.17) is 17.3 Å². The Morgan fingerprint density at radius 2 is 2.36 bits per heavy atom. The molecule has 0 atom stereocenters. The monoisotopic (exact) mass is 167 g/mol. The predicted molar refractivity (Wildman–Crippen MR) is 44.6 cm³/mol. The van der Waals surface area contributed by atoms with Crippen LogP contribution in [0.4, 0.5) is 5.69 Å². The van der Waals surface area contributed by atoms with Gasteiger partial charge in [0.25, 0.3) is 0 Å². The molecule has 2 heterocycles. The third kappa shape index (κ3) is 0.851. The van der Waals surface area contributed by atoms with Crippen LogP contribution in [0.2, 0.25) is 5.02 Å². The zero-order valence-corrected chi connectivity index (χ0v) is 6.42.